The second-order valence-electron chi connectivity index (χ2n) is 5.26. The van der Waals surface area contributed by atoms with Crippen molar-refractivity contribution >= 4 is 23.3 Å². The first kappa shape index (κ1) is 16.8. The van der Waals surface area contributed by atoms with Crippen LogP contribution in [0.25, 0.3) is 0 Å². The van der Waals surface area contributed by atoms with E-state index >= 15 is 0 Å². The molecule has 0 amide bonds. The van der Waals surface area contributed by atoms with Crippen molar-refractivity contribution in [3.8, 4) is 0 Å². The largest absolute Gasteiger partial charge is 0.360 e. The number of nitrogens with zero attached hydrogens (tertiary/aromatic N) is 4. The van der Waals surface area contributed by atoms with Crippen molar-refractivity contribution in [1.29, 1.82) is 0 Å². The molecule has 2 aromatic heterocycles. The third kappa shape index (κ3) is 4.30. The molecule has 0 aliphatic carbocycles. The van der Waals surface area contributed by atoms with Gasteiger partial charge < -0.3 is 5.32 Å². The first-order valence-electron chi connectivity index (χ1n) is 7.50. The summed E-state index contributed by atoms with van der Waals surface area (Å²) in [5.74, 6) is 0.193. The van der Waals surface area contributed by atoms with Crippen LogP contribution in [0.2, 0.25) is 0 Å². The number of anilines is 1. The zero-order valence-corrected chi connectivity index (χ0v) is 14.2. The van der Waals surface area contributed by atoms with E-state index in [0.29, 0.717) is 11.6 Å². The van der Waals surface area contributed by atoms with Crippen LogP contribution in [0.4, 0.5) is 11.5 Å². The molecule has 0 fully saturated rings. The highest BCUT2D eigenvalue weighted by Gasteiger charge is 2.23. The maximum Gasteiger partial charge on any atom is 0.343 e. The van der Waals surface area contributed by atoms with E-state index in [-0.39, 0.29) is 11.5 Å². The minimum absolute atomic E-state index is 0.128. The predicted molar refractivity (Wildman–Crippen MR) is 95.6 cm³/mol. The number of nitro groups is 1. The lowest BCUT2D eigenvalue weighted by atomic mass is 10.2. The van der Waals surface area contributed by atoms with Crippen LogP contribution >= 0.6 is 11.8 Å². The highest BCUT2D eigenvalue weighted by molar-refractivity contribution is 7.99. The van der Waals surface area contributed by atoms with Gasteiger partial charge in [-0.15, -0.1) is 0 Å². The number of hydrogen-bond donors (Lipinski definition) is 1. The molecule has 3 rings (SSSR count). The van der Waals surface area contributed by atoms with Gasteiger partial charge in [0.15, 0.2) is 5.03 Å². The molecule has 0 aliphatic heterocycles. The zero-order chi connectivity index (χ0) is 17.6. The molecule has 0 saturated carbocycles. The minimum atomic E-state index is -0.456. The highest BCUT2D eigenvalue weighted by Crippen LogP contribution is 2.36. The molecule has 7 nitrogen and oxygen atoms in total. The Labute approximate surface area is 148 Å². The smallest absolute Gasteiger partial charge is 0.343 e. The predicted octanol–water partition coefficient (Wildman–Crippen LogP) is 3.85. The van der Waals surface area contributed by atoms with Crippen LogP contribution in [0.3, 0.4) is 0 Å². The molecular weight excluding hydrogens is 338 g/mol. The summed E-state index contributed by atoms with van der Waals surface area (Å²) in [6.07, 6.45) is 4.70. The monoisotopic (exact) mass is 353 g/mol. The normalized spacial score (nSPS) is 10.4. The summed E-state index contributed by atoms with van der Waals surface area (Å²) >= 11 is 1.24. The fourth-order valence-electron chi connectivity index (χ4n) is 2.14. The van der Waals surface area contributed by atoms with Crippen molar-refractivity contribution in [3.05, 3.63) is 76.4 Å². The number of nitrogens with one attached hydrogen (secondary N) is 1. The van der Waals surface area contributed by atoms with Crippen LogP contribution in [0.15, 0.2) is 65.0 Å². The van der Waals surface area contributed by atoms with E-state index in [2.05, 4.69) is 20.3 Å². The van der Waals surface area contributed by atoms with Crippen LogP contribution in [-0.4, -0.2) is 19.9 Å². The van der Waals surface area contributed by atoms with Gasteiger partial charge in [-0.3, -0.25) is 15.1 Å². The fraction of sp³-hybridized carbons (Fsp3) is 0.118. The molecule has 0 atom stereocenters. The van der Waals surface area contributed by atoms with Crippen LogP contribution in [0.1, 0.15) is 11.1 Å². The third-order valence-electron chi connectivity index (χ3n) is 3.39. The van der Waals surface area contributed by atoms with E-state index in [1.165, 1.54) is 18.1 Å². The molecule has 126 valence electrons. The fourth-order valence-corrected chi connectivity index (χ4v) is 3.00. The zero-order valence-electron chi connectivity index (χ0n) is 13.4. The number of pyridine rings is 1. The average Bonchev–Trinajstić information content (AvgIpc) is 2.62. The molecule has 1 N–H and O–H groups in total. The van der Waals surface area contributed by atoms with Gasteiger partial charge in [-0.2, -0.15) is 0 Å². The Morgan fingerprint density at radius 1 is 1.20 bits per heavy atom. The number of aryl methyl sites for hydroxylation is 1. The molecule has 8 heteroatoms. The van der Waals surface area contributed by atoms with Crippen molar-refractivity contribution in [1.82, 2.24) is 15.0 Å². The maximum absolute atomic E-state index is 11.6. The van der Waals surface area contributed by atoms with Crippen molar-refractivity contribution in [3.63, 3.8) is 0 Å². The molecule has 3 aromatic rings. The summed E-state index contributed by atoms with van der Waals surface area (Å²) in [5, 5.41) is 14.9. The van der Waals surface area contributed by atoms with Gasteiger partial charge in [0.25, 0.3) is 0 Å². The van der Waals surface area contributed by atoms with Crippen molar-refractivity contribution in [2.45, 2.75) is 23.4 Å². The Bertz CT molecular complexity index is 872. The van der Waals surface area contributed by atoms with Crippen LogP contribution in [0, 0.1) is 17.0 Å². The van der Waals surface area contributed by atoms with E-state index in [9.17, 15) is 10.1 Å². The van der Waals surface area contributed by atoms with E-state index in [1.54, 1.807) is 12.4 Å². The van der Waals surface area contributed by atoms with Gasteiger partial charge in [-0.1, -0.05) is 35.5 Å². The Morgan fingerprint density at radius 3 is 2.68 bits per heavy atom. The van der Waals surface area contributed by atoms with Gasteiger partial charge >= 0.3 is 5.69 Å². The topological polar surface area (TPSA) is 93.8 Å². The third-order valence-corrected chi connectivity index (χ3v) is 4.39. The van der Waals surface area contributed by atoms with Gasteiger partial charge in [0, 0.05) is 23.8 Å². The second-order valence-corrected chi connectivity index (χ2v) is 6.33. The second kappa shape index (κ2) is 7.71. The van der Waals surface area contributed by atoms with Crippen LogP contribution in [0.5, 0.6) is 0 Å². The maximum atomic E-state index is 11.6. The summed E-state index contributed by atoms with van der Waals surface area (Å²) in [5.41, 5.74) is 1.90. The molecule has 0 unspecified atom stereocenters. The van der Waals surface area contributed by atoms with E-state index in [4.69, 9.17) is 0 Å². The van der Waals surface area contributed by atoms with Gasteiger partial charge in [-0.25, -0.2) is 9.97 Å². The molecule has 2 heterocycles. The first-order valence-corrected chi connectivity index (χ1v) is 8.32. The highest BCUT2D eigenvalue weighted by atomic mass is 32.2. The first-order chi connectivity index (χ1) is 12.1. The SMILES string of the molecule is Cc1ccc(Sc2ncnc(NCc3cccnc3)c2[N+](=O)[O-])cc1. The van der Waals surface area contributed by atoms with E-state index in [1.807, 2.05) is 43.3 Å². The Hall–Kier alpha value is -3.00. The van der Waals surface area contributed by atoms with Gasteiger partial charge in [-0.05, 0) is 30.7 Å². The van der Waals surface area contributed by atoms with Gasteiger partial charge in [0.1, 0.15) is 6.33 Å². The molecule has 25 heavy (non-hydrogen) atoms. The minimum Gasteiger partial charge on any atom is -0.360 e. The summed E-state index contributed by atoms with van der Waals surface area (Å²) in [6, 6.07) is 11.4. The molecule has 0 spiro atoms. The number of aromatic nitrogens is 3. The summed E-state index contributed by atoms with van der Waals surface area (Å²) in [4.78, 5) is 24.1. The summed E-state index contributed by atoms with van der Waals surface area (Å²) in [6.45, 7) is 2.38. The van der Waals surface area contributed by atoms with E-state index < -0.39 is 4.92 Å². The number of hydrogen-bond acceptors (Lipinski definition) is 7. The summed E-state index contributed by atoms with van der Waals surface area (Å²) in [7, 11) is 0. The Kier molecular flexibility index (Phi) is 5.20. The van der Waals surface area contributed by atoms with Crippen LogP contribution < -0.4 is 5.32 Å². The lowest BCUT2D eigenvalue weighted by molar-refractivity contribution is -0.387. The molecule has 1 aromatic carbocycles. The van der Waals surface area contributed by atoms with Crippen molar-refractivity contribution < 1.29 is 4.92 Å². The van der Waals surface area contributed by atoms with Crippen molar-refractivity contribution in [2.24, 2.45) is 0 Å². The Morgan fingerprint density at radius 2 is 2.00 bits per heavy atom. The average molecular weight is 353 g/mol. The Balaban J connectivity index is 1.86. The standard InChI is InChI=1S/C17H15N5O2S/c1-12-4-6-14(7-5-12)25-17-15(22(23)24)16(20-11-21-17)19-10-13-3-2-8-18-9-13/h2-9,11H,10H2,1H3,(H,19,20,21). The lowest BCUT2D eigenvalue weighted by Gasteiger charge is -2.08. The molecule has 0 radical (unpaired) electrons. The quantitative estimate of drug-likeness (QED) is 0.408. The number of benzene rings is 1. The van der Waals surface area contributed by atoms with Gasteiger partial charge in [0.05, 0.1) is 4.92 Å². The molecular formula is C17H15N5O2S. The summed E-state index contributed by atoms with van der Waals surface area (Å²) < 4.78 is 0. The molecule has 0 saturated heterocycles. The van der Waals surface area contributed by atoms with Crippen LogP contribution in [-0.2, 0) is 6.54 Å². The van der Waals surface area contributed by atoms with Crippen molar-refractivity contribution in [2.75, 3.05) is 5.32 Å². The molecule has 0 bridgehead atoms. The lowest BCUT2D eigenvalue weighted by Crippen LogP contribution is -2.06. The van der Waals surface area contributed by atoms with Gasteiger partial charge in [0.2, 0.25) is 5.82 Å². The molecule has 0 aliphatic rings. The van der Waals surface area contributed by atoms with E-state index in [0.717, 1.165) is 16.0 Å². The number of rotatable bonds is 6.